The number of rotatable bonds is 5. The number of thiazole rings is 1. The first-order valence-corrected chi connectivity index (χ1v) is 14.3. The van der Waals surface area contributed by atoms with E-state index in [-0.39, 0.29) is 17.7 Å². The van der Waals surface area contributed by atoms with Gasteiger partial charge in [0.15, 0.2) is 11.4 Å². The van der Waals surface area contributed by atoms with Gasteiger partial charge < -0.3 is 24.0 Å². The summed E-state index contributed by atoms with van der Waals surface area (Å²) in [7, 11) is 0. The number of halogens is 1. The summed E-state index contributed by atoms with van der Waals surface area (Å²) in [6.07, 6.45) is 3.91. The van der Waals surface area contributed by atoms with E-state index in [1.165, 1.54) is 11.3 Å². The zero-order chi connectivity index (χ0) is 26.0. The number of carbonyl (C=O) groups is 2. The third-order valence-corrected chi connectivity index (χ3v) is 8.74. The Morgan fingerprint density at radius 3 is 2.43 bits per heavy atom. The quantitative estimate of drug-likeness (QED) is 0.538. The summed E-state index contributed by atoms with van der Waals surface area (Å²) in [5, 5.41) is 3.32. The maximum atomic E-state index is 13.2. The lowest BCUT2D eigenvalue weighted by molar-refractivity contribution is -0.281. The number of amides is 2. The molecule has 0 unspecified atom stereocenters. The largest absolute Gasteiger partial charge is 0.476 e. The summed E-state index contributed by atoms with van der Waals surface area (Å²) < 4.78 is 17.8. The van der Waals surface area contributed by atoms with Gasteiger partial charge in [-0.3, -0.25) is 9.59 Å². The molecule has 3 aliphatic heterocycles. The molecule has 0 aliphatic carbocycles. The van der Waals surface area contributed by atoms with Gasteiger partial charge in [0.2, 0.25) is 0 Å². The third kappa shape index (κ3) is 5.79. The van der Waals surface area contributed by atoms with Crippen molar-refractivity contribution in [3.05, 3.63) is 45.4 Å². The molecular formula is C27H34ClN3O5S. The van der Waals surface area contributed by atoms with Crippen molar-refractivity contribution in [2.24, 2.45) is 0 Å². The minimum absolute atomic E-state index is 0.0285. The van der Waals surface area contributed by atoms with E-state index in [0.717, 1.165) is 37.5 Å². The highest BCUT2D eigenvalue weighted by Crippen LogP contribution is 2.34. The molecule has 0 saturated carbocycles. The number of nitrogens with zero attached hydrogens (tertiary/aromatic N) is 3. The molecule has 3 saturated heterocycles. The molecule has 1 aromatic carbocycles. The second kappa shape index (κ2) is 10.9. The van der Waals surface area contributed by atoms with Crippen LogP contribution in [0.2, 0.25) is 5.02 Å². The van der Waals surface area contributed by atoms with E-state index in [1.54, 1.807) is 26.0 Å². The van der Waals surface area contributed by atoms with Crippen LogP contribution in [-0.4, -0.2) is 77.4 Å². The standard InChI is InChI=1S/C27H34ClN3O5S/c1-26(2,36-22-7-4-3-6-20(22)28)25(33)31-12-8-19(9-13-31)23-29-21(18-37-23)24(32)30-14-10-27(11-15-30)34-16-5-17-35-27/h3-4,6-7,18-19H,5,8-17H2,1-2H3. The van der Waals surface area contributed by atoms with E-state index in [2.05, 4.69) is 0 Å². The van der Waals surface area contributed by atoms with Gasteiger partial charge in [0.05, 0.1) is 23.2 Å². The monoisotopic (exact) mass is 547 g/mol. The molecule has 0 N–H and O–H groups in total. The molecule has 8 nitrogen and oxygen atoms in total. The normalized spacial score (nSPS) is 20.7. The number of ether oxygens (including phenoxy) is 3. The molecular weight excluding hydrogens is 514 g/mol. The van der Waals surface area contributed by atoms with Crippen LogP contribution in [0.4, 0.5) is 0 Å². The predicted octanol–water partition coefficient (Wildman–Crippen LogP) is 4.73. The third-order valence-electron chi connectivity index (χ3n) is 7.42. The van der Waals surface area contributed by atoms with E-state index in [0.29, 0.717) is 55.5 Å². The summed E-state index contributed by atoms with van der Waals surface area (Å²) >= 11 is 7.76. The fourth-order valence-corrected chi connectivity index (χ4v) is 6.39. The SMILES string of the molecule is CC(C)(Oc1ccccc1Cl)C(=O)N1CCC(c2nc(C(=O)N3CCC4(CC3)OCCCO4)cs2)CC1. The van der Waals surface area contributed by atoms with Crippen molar-refractivity contribution in [1.82, 2.24) is 14.8 Å². The van der Waals surface area contributed by atoms with Gasteiger partial charge in [-0.1, -0.05) is 23.7 Å². The molecule has 200 valence electrons. The van der Waals surface area contributed by atoms with Crippen LogP contribution in [-0.2, 0) is 14.3 Å². The molecule has 37 heavy (non-hydrogen) atoms. The van der Waals surface area contributed by atoms with Crippen molar-refractivity contribution in [1.29, 1.82) is 0 Å². The van der Waals surface area contributed by atoms with Crippen LogP contribution in [0.5, 0.6) is 5.75 Å². The molecule has 5 rings (SSSR count). The van der Waals surface area contributed by atoms with Gasteiger partial charge in [-0.25, -0.2) is 4.98 Å². The Morgan fingerprint density at radius 1 is 1.08 bits per heavy atom. The van der Waals surface area contributed by atoms with Gasteiger partial charge in [-0.15, -0.1) is 11.3 Å². The number of benzene rings is 1. The topological polar surface area (TPSA) is 81.2 Å². The highest BCUT2D eigenvalue weighted by molar-refractivity contribution is 7.09. The van der Waals surface area contributed by atoms with E-state index < -0.39 is 11.4 Å². The van der Waals surface area contributed by atoms with Crippen LogP contribution in [0.1, 0.15) is 67.4 Å². The zero-order valence-corrected chi connectivity index (χ0v) is 23.0. The number of hydrogen-bond acceptors (Lipinski definition) is 7. The lowest BCUT2D eigenvalue weighted by atomic mass is 9.96. The second-order valence-corrected chi connectivity index (χ2v) is 11.7. The number of piperidine rings is 2. The Balaban J connectivity index is 1.14. The zero-order valence-electron chi connectivity index (χ0n) is 21.4. The first kappa shape index (κ1) is 26.4. The Hall–Kier alpha value is -2.20. The van der Waals surface area contributed by atoms with Crippen LogP contribution in [0.25, 0.3) is 0 Å². The van der Waals surface area contributed by atoms with Gasteiger partial charge in [-0.05, 0) is 45.2 Å². The number of carbonyl (C=O) groups excluding carboxylic acids is 2. The second-order valence-electron chi connectivity index (χ2n) is 10.4. The van der Waals surface area contributed by atoms with Gasteiger partial charge in [0.25, 0.3) is 11.8 Å². The van der Waals surface area contributed by atoms with E-state index in [1.807, 2.05) is 27.3 Å². The van der Waals surface area contributed by atoms with E-state index in [4.69, 9.17) is 30.8 Å². The fourth-order valence-electron chi connectivity index (χ4n) is 5.25. The Bertz CT molecular complexity index is 1110. The van der Waals surface area contributed by atoms with Crippen LogP contribution in [0, 0.1) is 0 Å². The number of aromatic nitrogens is 1. The lowest BCUT2D eigenvalue weighted by Crippen LogP contribution is -2.51. The van der Waals surface area contributed by atoms with Crippen molar-refractivity contribution in [2.45, 2.75) is 63.3 Å². The number of likely N-dealkylation sites (tertiary alicyclic amines) is 2. The first-order valence-electron chi connectivity index (χ1n) is 13.0. The molecule has 1 aromatic heterocycles. The molecule has 0 bridgehead atoms. The number of para-hydroxylation sites is 1. The van der Waals surface area contributed by atoms with Gasteiger partial charge in [-0.2, -0.15) is 0 Å². The van der Waals surface area contributed by atoms with E-state index in [9.17, 15) is 9.59 Å². The highest BCUT2D eigenvalue weighted by atomic mass is 35.5. The summed E-state index contributed by atoms with van der Waals surface area (Å²) in [6.45, 7) is 7.46. The molecule has 3 fully saturated rings. The van der Waals surface area contributed by atoms with Crippen molar-refractivity contribution < 1.29 is 23.8 Å². The van der Waals surface area contributed by atoms with Crippen molar-refractivity contribution in [3.63, 3.8) is 0 Å². The highest BCUT2D eigenvalue weighted by Gasteiger charge is 2.40. The minimum Gasteiger partial charge on any atom is -0.476 e. The minimum atomic E-state index is -1.03. The fraction of sp³-hybridized carbons (Fsp3) is 0.593. The van der Waals surface area contributed by atoms with Gasteiger partial charge >= 0.3 is 0 Å². The maximum Gasteiger partial charge on any atom is 0.273 e. The van der Waals surface area contributed by atoms with Crippen molar-refractivity contribution in [2.75, 3.05) is 39.4 Å². The van der Waals surface area contributed by atoms with Gasteiger partial charge in [0.1, 0.15) is 11.4 Å². The Kier molecular flexibility index (Phi) is 7.77. The van der Waals surface area contributed by atoms with E-state index >= 15 is 0 Å². The molecule has 3 aliphatic rings. The van der Waals surface area contributed by atoms with Crippen LogP contribution in [0.3, 0.4) is 0 Å². The smallest absolute Gasteiger partial charge is 0.273 e. The summed E-state index contributed by atoms with van der Waals surface area (Å²) in [6, 6.07) is 7.18. The maximum absolute atomic E-state index is 13.2. The molecule has 4 heterocycles. The van der Waals surface area contributed by atoms with Crippen LogP contribution >= 0.6 is 22.9 Å². The molecule has 0 radical (unpaired) electrons. The Morgan fingerprint density at radius 2 is 1.76 bits per heavy atom. The van der Waals surface area contributed by atoms with Crippen LogP contribution < -0.4 is 4.74 Å². The van der Waals surface area contributed by atoms with Gasteiger partial charge in [0, 0.05) is 50.3 Å². The van der Waals surface area contributed by atoms with Crippen molar-refractivity contribution >= 4 is 34.8 Å². The lowest BCUT2D eigenvalue weighted by Gasteiger charge is -2.43. The molecule has 1 spiro atoms. The molecule has 2 aromatic rings. The molecule has 2 amide bonds. The number of hydrogen-bond donors (Lipinski definition) is 0. The summed E-state index contributed by atoms with van der Waals surface area (Å²) in [5.74, 6) is 0.131. The summed E-state index contributed by atoms with van der Waals surface area (Å²) in [4.78, 5) is 34.8. The summed E-state index contributed by atoms with van der Waals surface area (Å²) in [5.41, 5.74) is -0.520. The first-order chi connectivity index (χ1) is 17.8. The average Bonchev–Trinajstić information content (AvgIpc) is 3.41. The average molecular weight is 548 g/mol. The van der Waals surface area contributed by atoms with Crippen LogP contribution in [0.15, 0.2) is 29.6 Å². The molecule has 10 heteroatoms. The Labute approximate surface area is 226 Å². The van der Waals surface area contributed by atoms with Crippen molar-refractivity contribution in [3.8, 4) is 5.75 Å². The predicted molar refractivity (Wildman–Crippen MR) is 141 cm³/mol. The molecule has 0 atom stereocenters.